The smallest absolute Gasteiger partial charge is 0.227 e. The summed E-state index contributed by atoms with van der Waals surface area (Å²) < 4.78 is 0. The van der Waals surface area contributed by atoms with Crippen molar-refractivity contribution in [1.29, 1.82) is 0 Å². The summed E-state index contributed by atoms with van der Waals surface area (Å²) in [6.45, 7) is 1.66. The van der Waals surface area contributed by atoms with Crippen LogP contribution in [0.1, 0.15) is 30.9 Å². The van der Waals surface area contributed by atoms with Gasteiger partial charge in [-0.2, -0.15) is 0 Å². The number of aliphatic hydroxyl groups is 1. The number of hydrogen-bond acceptors (Lipinski definition) is 3. The number of ketones is 1. The Morgan fingerprint density at radius 2 is 1.43 bits per heavy atom. The summed E-state index contributed by atoms with van der Waals surface area (Å²) in [5.74, 6) is -0.496. The third-order valence-electron chi connectivity index (χ3n) is 3.72. The summed E-state index contributed by atoms with van der Waals surface area (Å²) in [5, 5.41) is 13.9. The maximum atomic E-state index is 11.6. The van der Waals surface area contributed by atoms with Gasteiger partial charge in [0.25, 0.3) is 0 Å². The monoisotopic (exact) mass is 311 g/mol. The Kier molecular flexibility index (Phi) is 5.66. The molecule has 120 valence electrons. The molecule has 0 spiro atoms. The molecule has 0 fully saturated rings. The van der Waals surface area contributed by atoms with Gasteiger partial charge in [-0.15, -0.1) is 0 Å². The molecule has 0 aliphatic heterocycles. The van der Waals surface area contributed by atoms with E-state index < -0.39 is 5.60 Å². The molecule has 0 unspecified atom stereocenters. The largest absolute Gasteiger partial charge is 0.380 e. The molecular weight excluding hydrogens is 290 g/mol. The maximum absolute atomic E-state index is 11.6. The van der Waals surface area contributed by atoms with Gasteiger partial charge < -0.3 is 10.4 Å². The van der Waals surface area contributed by atoms with E-state index >= 15 is 0 Å². The Bertz CT molecular complexity index is 613. The zero-order valence-corrected chi connectivity index (χ0v) is 13.2. The van der Waals surface area contributed by atoms with Crippen molar-refractivity contribution < 1.29 is 14.7 Å². The molecule has 0 aliphatic rings. The molecular formula is C19H21NO3. The third kappa shape index (κ3) is 4.50. The number of nitrogens with one attached hydrogen (secondary N) is 1. The van der Waals surface area contributed by atoms with E-state index in [1.807, 2.05) is 60.7 Å². The normalized spacial score (nSPS) is 11.0. The van der Waals surface area contributed by atoms with Crippen LogP contribution >= 0.6 is 0 Å². The maximum Gasteiger partial charge on any atom is 0.227 e. The van der Waals surface area contributed by atoms with Crippen LogP contribution in [0.15, 0.2) is 60.7 Å². The average Bonchev–Trinajstić information content (AvgIpc) is 2.55. The van der Waals surface area contributed by atoms with Gasteiger partial charge in [0, 0.05) is 13.0 Å². The van der Waals surface area contributed by atoms with Crippen LogP contribution in [-0.4, -0.2) is 23.3 Å². The van der Waals surface area contributed by atoms with E-state index in [0.717, 1.165) is 11.1 Å². The molecule has 0 bridgehead atoms. The number of benzene rings is 2. The van der Waals surface area contributed by atoms with Crippen LogP contribution < -0.4 is 5.32 Å². The molecule has 0 saturated heterocycles. The van der Waals surface area contributed by atoms with Gasteiger partial charge in [-0.05, 0) is 18.1 Å². The lowest BCUT2D eigenvalue weighted by atomic mass is 9.83. The summed E-state index contributed by atoms with van der Waals surface area (Å²) in [7, 11) is 0. The van der Waals surface area contributed by atoms with Crippen LogP contribution in [0.4, 0.5) is 0 Å². The zero-order chi connectivity index (χ0) is 16.7. The van der Waals surface area contributed by atoms with E-state index in [0.29, 0.717) is 6.42 Å². The van der Waals surface area contributed by atoms with Gasteiger partial charge in [-0.1, -0.05) is 60.7 Å². The fraction of sp³-hybridized carbons (Fsp3) is 0.263. The highest BCUT2D eigenvalue weighted by Crippen LogP contribution is 2.32. The van der Waals surface area contributed by atoms with Crippen molar-refractivity contribution in [3.8, 4) is 0 Å². The molecule has 23 heavy (non-hydrogen) atoms. The van der Waals surface area contributed by atoms with E-state index in [-0.39, 0.29) is 24.7 Å². The Morgan fingerprint density at radius 3 is 1.87 bits per heavy atom. The molecule has 0 aliphatic carbocycles. The molecule has 0 radical (unpaired) electrons. The molecule has 2 rings (SSSR count). The molecule has 0 atom stereocenters. The fourth-order valence-electron chi connectivity index (χ4n) is 2.55. The first-order valence-electron chi connectivity index (χ1n) is 7.62. The van der Waals surface area contributed by atoms with Crippen molar-refractivity contribution in [3.63, 3.8) is 0 Å². The highest BCUT2D eigenvalue weighted by Gasteiger charge is 2.30. The third-order valence-corrected chi connectivity index (χ3v) is 3.72. The van der Waals surface area contributed by atoms with Crippen LogP contribution in [0, 0.1) is 0 Å². The molecule has 2 aromatic rings. The molecule has 2 N–H and O–H groups in total. The number of carbonyl (C=O) groups excluding carboxylic acids is 2. The molecule has 0 heterocycles. The van der Waals surface area contributed by atoms with Crippen LogP contribution in [-0.2, 0) is 15.2 Å². The predicted molar refractivity (Wildman–Crippen MR) is 88.8 cm³/mol. The van der Waals surface area contributed by atoms with Crippen molar-refractivity contribution in [2.75, 3.05) is 6.54 Å². The lowest BCUT2D eigenvalue weighted by molar-refractivity contribution is -0.127. The van der Waals surface area contributed by atoms with E-state index in [9.17, 15) is 14.7 Å². The van der Waals surface area contributed by atoms with E-state index in [4.69, 9.17) is 0 Å². The van der Waals surface area contributed by atoms with Gasteiger partial charge in [-0.3, -0.25) is 9.59 Å². The minimum atomic E-state index is -1.19. The zero-order valence-electron chi connectivity index (χ0n) is 13.2. The number of Topliss-reactive ketones (excluding diaryl/α,β-unsaturated/α-hetero) is 1. The highest BCUT2D eigenvalue weighted by atomic mass is 16.3. The molecule has 2 aromatic carbocycles. The summed E-state index contributed by atoms with van der Waals surface area (Å²) in [4.78, 5) is 22.5. The van der Waals surface area contributed by atoms with Crippen LogP contribution in [0.2, 0.25) is 0 Å². The van der Waals surface area contributed by atoms with Crippen molar-refractivity contribution in [2.24, 2.45) is 0 Å². The average molecular weight is 311 g/mol. The summed E-state index contributed by atoms with van der Waals surface area (Å²) in [6, 6.07) is 18.7. The second-order valence-corrected chi connectivity index (χ2v) is 5.57. The molecule has 4 heteroatoms. The van der Waals surface area contributed by atoms with Crippen molar-refractivity contribution in [1.82, 2.24) is 5.32 Å². The van der Waals surface area contributed by atoms with E-state index in [2.05, 4.69) is 5.32 Å². The fourth-order valence-corrected chi connectivity index (χ4v) is 2.55. The standard InChI is InChI=1S/C19H21NO3/c1-15(21)14-18(22)20-13-12-19(23,16-8-4-2-5-9-16)17-10-6-3-7-11-17/h2-11,23H,12-14H2,1H3,(H,20,22). The Morgan fingerprint density at radius 1 is 0.957 bits per heavy atom. The lowest BCUT2D eigenvalue weighted by Gasteiger charge is -2.29. The number of rotatable bonds is 7. The van der Waals surface area contributed by atoms with E-state index in [1.165, 1.54) is 6.92 Å². The molecule has 1 amide bonds. The lowest BCUT2D eigenvalue weighted by Crippen LogP contribution is -2.34. The number of amides is 1. The Hall–Kier alpha value is -2.46. The number of carbonyl (C=O) groups is 2. The van der Waals surface area contributed by atoms with Crippen LogP contribution in [0.25, 0.3) is 0 Å². The second kappa shape index (κ2) is 7.70. The first-order chi connectivity index (χ1) is 11.0. The van der Waals surface area contributed by atoms with Crippen molar-refractivity contribution in [2.45, 2.75) is 25.4 Å². The number of hydrogen-bond donors (Lipinski definition) is 2. The molecule has 0 saturated carbocycles. The molecule has 0 aromatic heterocycles. The molecule has 4 nitrogen and oxygen atoms in total. The minimum Gasteiger partial charge on any atom is -0.380 e. The van der Waals surface area contributed by atoms with Gasteiger partial charge in [0.15, 0.2) is 0 Å². The summed E-state index contributed by atoms with van der Waals surface area (Å²) in [5.41, 5.74) is 0.352. The van der Waals surface area contributed by atoms with Crippen molar-refractivity contribution in [3.05, 3.63) is 71.8 Å². The van der Waals surface area contributed by atoms with Gasteiger partial charge in [0.05, 0.1) is 6.42 Å². The van der Waals surface area contributed by atoms with Crippen LogP contribution in [0.5, 0.6) is 0 Å². The van der Waals surface area contributed by atoms with Gasteiger partial charge >= 0.3 is 0 Å². The van der Waals surface area contributed by atoms with Gasteiger partial charge in [-0.25, -0.2) is 0 Å². The van der Waals surface area contributed by atoms with Gasteiger partial charge in [0.1, 0.15) is 11.4 Å². The quantitative estimate of drug-likeness (QED) is 0.772. The summed E-state index contributed by atoms with van der Waals surface area (Å²) in [6.07, 6.45) is 0.194. The topological polar surface area (TPSA) is 66.4 Å². The van der Waals surface area contributed by atoms with E-state index in [1.54, 1.807) is 0 Å². The van der Waals surface area contributed by atoms with Crippen LogP contribution in [0.3, 0.4) is 0 Å². The SMILES string of the molecule is CC(=O)CC(=O)NCCC(O)(c1ccccc1)c1ccccc1. The Balaban J connectivity index is 2.16. The van der Waals surface area contributed by atoms with Gasteiger partial charge in [0.2, 0.25) is 5.91 Å². The Labute approximate surface area is 136 Å². The summed E-state index contributed by atoms with van der Waals surface area (Å²) >= 11 is 0. The predicted octanol–water partition coefficient (Wildman–Crippen LogP) is 2.41. The minimum absolute atomic E-state index is 0.130. The second-order valence-electron chi connectivity index (χ2n) is 5.57. The first kappa shape index (κ1) is 16.9. The first-order valence-corrected chi connectivity index (χ1v) is 7.62. The highest BCUT2D eigenvalue weighted by molar-refractivity contribution is 5.96. The van der Waals surface area contributed by atoms with Crippen molar-refractivity contribution >= 4 is 11.7 Å².